The lowest BCUT2D eigenvalue weighted by Crippen LogP contribution is -2.41. The smallest absolute Gasteiger partial charge is 0.254 e. The van der Waals surface area contributed by atoms with E-state index in [1.165, 1.54) is 0 Å². The van der Waals surface area contributed by atoms with Gasteiger partial charge in [0, 0.05) is 12.6 Å². The van der Waals surface area contributed by atoms with E-state index in [-0.39, 0.29) is 22.6 Å². The van der Waals surface area contributed by atoms with Crippen LogP contribution >= 0.6 is 0 Å². The Morgan fingerprint density at radius 3 is 2.76 bits per heavy atom. The molecule has 2 unspecified atom stereocenters. The highest BCUT2D eigenvalue weighted by Gasteiger charge is 2.23. The second-order valence-corrected chi connectivity index (χ2v) is 6.62. The van der Waals surface area contributed by atoms with E-state index in [0.29, 0.717) is 19.4 Å². The Bertz CT molecular complexity index is 648. The first-order chi connectivity index (χ1) is 9.77. The van der Waals surface area contributed by atoms with Crippen molar-refractivity contribution >= 4 is 15.9 Å². The number of amides is 1. The number of primary sulfonamides is 1. The van der Waals surface area contributed by atoms with Gasteiger partial charge in [0.25, 0.3) is 5.91 Å². The Labute approximate surface area is 122 Å². The summed E-state index contributed by atoms with van der Waals surface area (Å²) in [5, 5.41) is 7.63. The number of sulfonamides is 1. The molecule has 0 spiro atoms. The molecule has 21 heavy (non-hydrogen) atoms. The lowest BCUT2D eigenvalue weighted by atomic mass is 10.0. The van der Waals surface area contributed by atoms with Gasteiger partial charge in [-0.05, 0) is 38.0 Å². The van der Waals surface area contributed by atoms with Crippen LogP contribution in [0.4, 0.5) is 4.39 Å². The number of nitrogens with one attached hydrogen (secondary N) is 1. The molecule has 1 aliphatic rings. The maximum Gasteiger partial charge on any atom is 0.254 e. The van der Waals surface area contributed by atoms with Crippen molar-refractivity contribution in [3.8, 4) is 0 Å². The quantitative estimate of drug-likeness (QED) is 0.860. The zero-order valence-electron chi connectivity index (χ0n) is 11.5. The summed E-state index contributed by atoms with van der Waals surface area (Å²) in [7, 11) is -3.99. The Hall–Kier alpha value is -1.51. The summed E-state index contributed by atoms with van der Waals surface area (Å²) in [5.74, 6) is -1.49. The third-order valence-electron chi connectivity index (χ3n) is 3.33. The molecule has 116 valence electrons. The summed E-state index contributed by atoms with van der Waals surface area (Å²) in [4.78, 5) is 11.7. The second kappa shape index (κ2) is 6.08. The number of nitrogens with two attached hydrogens (primary N) is 1. The average Bonchev–Trinajstić information content (AvgIpc) is 2.37. The molecule has 3 N–H and O–H groups in total. The fourth-order valence-electron chi connectivity index (χ4n) is 2.25. The molecule has 8 heteroatoms. The molecule has 1 fully saturated rings. The summed E-state index contributed by atoms with van der Waals surface area (Å²) in [5.41, 5.74) is -0.207. The van der Waals surface area contributed by atoms with Gasteiger partial charge in [-0.3, -0.25) is 4.79 Å². The third kappa shape index (κ3) is 3.99. The van der Waals surface area contributed by atoms with E-state index in [9.17, 15) is 17.6 Å². The lowest BCUT2D eigenvalue weighted by Gasteiger charge is -2.28. The van der Waals surface area contributed by atoms with E-state index in [0.717, 1.165) is 18.2 Å². The SMILES string of the molecule is CC1CC(NC(=O)c2ccc(S(N)(=O)=O)cc2F)CCO1. The monoisotopic (exact) mass is 316 g/mol. The first kappa shape index (κ1) is 15.9. The summed E-state index contributed by atoms with van der Waals surface area (Å²) < 4.78 is 41.5. The van der Waals surface area contributed by atoms with Crippen molar-refractivity contribution in [3.63, 3.8) is 0 Å². The maximum absolute atomic E-state index is 13.9. The highest BCUT2D eigenvalue weighted by Crippen LogP contribution is 2.16. The van der Waals surface area contributed by atoms with Gasteiger partial charge in [0.2, 0.25) is 10.0 Å². The van der Waals surface area contributed by atoms with Crippen LogP contribution in [0.5, 0.6) is 0 Å². The van der Waals surface area contributed by atoms with Crippen LogP contribution < -0.4 is 10.5 Å². The first-order valence-corrected chi connectivity index (χ1v) is 8.07. The number of halogens is 1. The van der Waals surface area contributed by atoms with Crippen molar-refractivity contribution in [1.82, 2.24) is 5.32 Å². The largest absolute Gasteiger partial charge is 0.378 e. The van der Waals surface area contributed by atoms with Crippen LogP contribution in [-0.2, 0) is 14.8 Å². The molecule has 0 radical (unpaired) electrons. The number of hydrogen-bond acceptors (Lipinski definition) is 4. The van der Waals surface area contributed by atoms with Gasteiger partial charge in [0.1, 0.15) is 5.82 Å². The van der Waals surface area contributed by atoms with E-state index in [1.807, 2.05) is 6.92 Å². The van der Waals surface area contributed by atoms with Crippen LogP contribution in [0.2, 0.25) is 0 Å². The standard InChI is InChI=1S/C13H17FN2O4S/c1-8-6-9(4-5-20-8)16-13(17)11-3-2-10(7-12(11)14)21(15,18)19/h2-3,7-9H,4-6H2,1H3,(H,16,17)(H2,15,18,19). The highest BCUT2D eigenvalue weighted by molar-refractivity contribution is 7.89. The minimum atomic E-state index is -3.99. The topological polar surface area (TPSA) is 98.5 Å². The van der Waals surface area contributed by atoms with Gasteiger partial charge in [0.15, 0.2) is 0 Å². The molecule has 1 saturated heterocycles. The Kier molecular flexibility index (Phi) is 4.60. The molecule has 2 atom stereocenters. The number of benzene rings is 1. The molecule has 1 aliphatic heterocycles. The van der Waals surface area contributed by atoms with E-state index in [2.05, 4.69) is 5.32 Å². The van der Waals surface area contributed by atoms with Crippen molar-refractivity contribution in [3.05, 3.63) is 29.6 Å². The number of ether oxygens (including phenoxy) is 1. The molecule has 0 saturated carbocycles. The van der Waals surface area contributed by atoms with E-state index in [1.54, 1.807) is 0 Å². The molecule has 0 aliphatic carbocycles. The van der Waals surface area contributed by atoms with Crippen molar-refractivity contribution in [2.45, 2.75) is 36.8 Å². The molecule has 1 amide bonds. The van der Waals surface area contributed by atoms with Crippen molar-refractivity contribution in [1.29, 1.82) is 0 Å². The highest BCUT2D eigenvalue weighted by atomic mass is 32.2. The molecule has 1 aromatic carbocycles. The van der Waals surface area contributed by atoms with Gasteiger partial charge < -0.3 is 10.1 Å². The maximum atomic E-state index is 13.9. The fourth-order valence-corrected chi connectivity index (χ4v) is 2.77. The minimum Gasteiger partial charge on any atom is -0.378 e. The summed E-state index contributed by atoms with van der Waals surface area (Å²) in [6, 6.07) is 2.89. The summed E-state index contributed by atoms with van der Waals surface area (Å²) >= 11 is 0. The van der Waals surface area contributed by atoms with Crippen LogP contribution in [0.1, 0.15) is 30.1 Å². The molecule has 6 nitrogen and oxygen atoms in total. The van der Waals surface area contributed by atoms with Gasteiger partial charge >= 0.3 is 0 Å². The first-order valence-electron chi connectivity index (χ1n) is 6.52. The van der Waals surface area contributed by atoms with Crippen LogP contribution in [0.15, 0.2) is 23.1 Å². The zero-order chi connectivity index (χ0) is 15.6. The number of carbonyl (C=O) groups is 1. The predicted octanol–water partition coefficient (Wildman–Crippen LogP) is 0.770. The number of rotatable bonds is 3. The van der Waals surface area contributed by atoms with E-state index < -0.39 is 21.7 Å². The molecule has 2 rings (SSSR count). The Morgan fingerprint density at radius 2 is 2.19 bits per heavy atom. The predicted molar refractivity (Wildman–Crippen MR) is 73.7 cm³/mol. The Morgan fingerprint density at radius 1 is 1.48 bits per heavy atom. The van der Waals surface area contributed by atoms with Crippen LogP contribution in [-0.4, -0.2) is 33.1 Å². The fraction of sp³-hybridized carbons (Fsp3) is 0.462. The Balaban J connectivity index is 2.12. The van der Waals surface area contributed by atoms with Crippen LogP contribution in [0, 0.1) is 5.82 Å². The van der Waals surface area contributed by atoms with Gasteiger partial charge in [-0.1, -0.05) is 0 Å². The van der Waals surface area contributed by atoms with Crippen molar-refractivity contribution < 1.29 is 22.3 Å². The molecular formula is C13H17FN2O4S. The van der Waals surface area contributed by atoms with Gasteiger partial charge in [-0.2, -0.15) is 0 Å². The van der Waals surface area contributed by atoms with Crippen LogP contribution in [0.25, 0.3) is 0 Å². The second-order valence-electron chi connectivity index (χ2n) is 5.06. The van der Waals surface area contributed by atoms with Crippen LogP contribution in [0.3, 0.4) is 0 Å². The van der Waals surface area contributed by atoms with Crippen molar-refractivity contribution in [2.75, 3.05) is 6.61 Å². The van der Waals surface area contributed by atoms with Gasteiger partial charge in [-0.25, -0.2) is 17.9 Å². The van der Waals surface area contributed by atoms with Crippen molar-refractivity contribution in [2.24, 2.45) is 5.14 Å². The molecular weight excluding hydrogens is 299 g/mol. The molecule has 0 aromatic heterocycles. The van der Waals surface area contributed by atoms with Gasteiger partial charge in [0.05, 0.1) is 16.6 Å². The normalized spacial score (nSPS) is 22.8. The van der Waals surface area contributed by atoms with E-state index >= 15 is 0 Å². The van der Waals surface area contributed by atoms with E-state index in [4.69, 9.17) is 9.88 Å². The molecule has 1 aromatic rings. The number of carbonyl (C=O) groups excluding carboxylic acids is 1. The lowest BCUT2D eigenvalue weighted by molar-refractivity contribution is 0.0136. The van der Waals surface area contributed by atoms with Gasteiger partial charge in [-0.15, -0.1) is 0 Å². The summed E-state index contributed by atoms with van der Waals surface area (Å²) in [6.07, 6.45) is 1.36. The average molecular weight is 316 g/mol. The molecule has 0 bridgehead atoms. The molecule has 1 heterocycles. The third-order valence-corrected chi connectivity index (χ3v) is 4.25. The minimum absolute atomic E-state index is 0.0404. The summed E-state index contributed by atoms with van der Waals surface area (Å²) in [6.45, 7) is 2.44. The number of hydrogen-bond donors (Lipinski definition) is 2. The zero-order valence-corrected chi connectivity index (χ0v) is 12.3.